The summed E-state index contributed by atoms with van der Waals surface area (Å²) in [5.74, 6) is 1.25. The predicted octanol–water partition coefficient (Wildman–Crippen LogP) is 1.03. The van der Waals surface area contributed by atoms with E-state index >= 15 is 0 Å². The lowest BCUT2D eigenvalue weighted by molar-refractivity contribution is 0.343. The Kier molecular flexibility index (Phi) is 4.59. The standard InChI is InChI=1S/C12H26N4/c1-5-16-7-6-10(9-16)8-14-11(13)15-12(2,3)4/h10H,5-9H2,1-4H3,(H3,13,14,15). The Bertz CT molecular complexity index is 242. The number of hydrogen-bond acceptors (Lipinski definition) is 2. The van der Waals surface area contributed by atoms with Gasteiger partial charge in [0.1, 0.15) is 0 Å². The van der Waals surface area contributed by atoms with Gasteiger partial charge in [0, 0.05) is 18.6 Å². The zero-order valence-corrected chi connectivity index (χ0v) is 11.1. The molecule has 0 aliphatic carbocycles. The molecule has 1 atom stereocenters. The van der Waals surface area contributed by atoms with Crippen LogP contribution < -0.4 is 11.1 Å². The molecule has 3 N–H and O–H groups in total. The summed E-state index contributed by atoms with van der Waals surface area (Å²) in [5, 5.41) is 3.18. The highest BCUT2D eigenvalue weighted by molar-refractivity contribution is 5.78. The maximum absolute atomic E-state index is 5.83. The van der Waals surface area contributed by atoms with E-state index in [1.165, 1.54) is 19.5 Å². The van der Waals surface area contributed by atoms with Gasteiger partial charge in [-0.05, 0) is 46.2 Å². The van der Waals surface area contributed by atoms with Gasteiger partial charge in [0.25, 0.3) is 0 Å². The van der Waals surface area contributed by atoms with Crippen LogP contribution in [0.15, 0.2) is 4.99 Å². The molecule has 0 saturated carbocycles. The molecule has 1 rings (SSSR count). The minimum Gasteiger partial charge on any atom is -0.370 e. The van der Waals surface area contributed by atoms with Crippen molar-refractivity contribution >= 4 is 5.96 Å². The molecule has 0 aromatic heterocycles. The van der Waals surface area contributed by atoms with Gasteiger partial charge in [-0.1, -0.05) is 6.92 Å². The van der Waals surface area contributed by atoms with E-state index < -0.39 is 0 Å². The Labute approximate surface area is 99.3 Å². The summed E-state index contributed by atoms with van der Waals surface area (Å²) >= 11 is 0. The first-order valence-corrected chi connectivity index (χ1v) is 6.21. The molecule has 1 aliphatic heterocycles. The molecule has 0 bridgehead atoms. The van der Waals surface area contributed by atoms with Crippen molar-refractivity contribution in [1.82, 2.24) is 10.2 Å². The van der Waals surface area contributed by atoms with Gasteiger partial charge in [-0.25, -0.2) is 0 Å². The Morgan fingerprint density at radius 1 is 1.50 bits per heavy atom. The molecule has 1 fully saturated rings. The summed E-state index contributed by atoms with van der Waals surface area (Å²) in [7, 11) is 0. The third-order valence-electron chi connectivity index (χ3n) is 2.84. The van der Waals surface area contributed by atoms with Crippen LogP contribution in [-0.2, 0) is 0 Å². The fraction of sp³-hybridized carbons (Fsp3) is 0.917. The Morgan fingerprint density at radius 3 is 2.69 bits per heavy atom. The third kappa shape index (κ3) is 4.84. The van der Waals surface area contributed by atoms with Crippen LogP contribution in [0.3, 0.4) is 0 Å². The quantitative estimate of drug-likeness (QED) is 0.558. The largest absolute Gasteiger partial charge is 0.370 e. The van der Waals surface area contributed by atoms with Crippen molar-refractivity contribution in [3.63, 3.8) is 0 Å². The van der Waals surface area contributed by atoms with E-state index in [0.29, 0.717) is 11.9 Å². The SMILES string of the molecule is CCN1CCC(CN=C(N)NC(C)(C)C)C1. The van der Waals surface area contributed by atoms with Crippen LogP contribution in [0.1, 0.15) is 34.1 Å². The predicted molar refractivity (Wildman–Crippen MR) is 69.6 cm³/mol. The van der Waals surface area contributed by atoms with Crippen LogP contribution in [0.5, 0.6) is 0 Å². The molecular weight excluding hydrogens is 200 g/mol. The van der Waals surface area contributed by atoms with E-state index in [4.69, 9.17) is 5.73 Å². The minimum absolute atomic E-state index is 0.00128. The highest BCUT2D eigenvalue weighted by atomic mass is 15.2. The highest BCUT2D eigenvalue weighted by Crippen LogP contribution is 2.15. The van der Waals surface area contributed by atoms with E-state index in [1.807, 2.05) is 0 Å². The second-order valence-corrected chi connectivity index (χ2v) is 5.65. The summed E-state index contributed by atoms with van der Waals surface area (Å²) < 4.78 is 0. The average molecular weight is 226 g/mol. The topological polar surface area (TPSA) is 53.6 Å². The second-order valence-electron chi connectivity index (χ2n) is 5.65. The molecular formula is C12H26N4. The summed E-state index contributed by atoms with van der Waals surface area (Å²) in [4.78, 5) is 6.88. The molecule has 1 unspecified atom stereocenters. The van der Waals surface area contributed by atoms with Gasteiger partial charge in [0.2, 0.25) is 0 Å². The molecule has 0 aromatic rings. The third-order valence-corrected chi connectivity index (χ3v) is 2.84. The molecule has 0 aromatic carbocycles. The van der Waals surface area contributed by atoms with Crippen molar-refractivity contribution in [2.24, 2.45) is 16.6 Å². The summed E-state index contributed by atoms with van der Waals surface area (Å²) in [5.41, 5.74) is 5.83. The number of rotatable bonds is 3. The van der Waals surface area contributed by atoms with Crippen LogP contribution in [0.2, 0.25) is 0 Å². The summed E-state index contributed by atoms with van der Waals surface area (Å²) in [6.45, 7) is 12.9. The number of hydrogen-bond donors (Lipinski definition) is 2. The molecule has 1 aliphatic rings. The Morgan fingerprint density at radius 2 is 2.19 bits per heavy atom. The number of nitrogens with zero attached hydrogens (tertiary/aromatic N) is 2. The zero-order valence-electron chi connectivity index (χ0n) is 11.1. The Balaban J connectivity index is 2.31. The van der Waals surface area contributed by atoms with Gasteiger partial charge in [-0.2, -0.15) is 0 Å². The first-order valence-electron chi connectivity index (χ1n) is 6.21. The van der Waals surface area contributed by atoms with Gasteiger partial charge >= 0.3 is 0 Å². The van der Waals surface area contributed by atoms with Crippen molar-refractivity contribution in [2.45, 2.75) is 39.7 Å². The maximum Gasteiger partial charge on any atom is 0.188 e. The van der Waals surface area contributed by atoms with E-state index in [-0.39, 0.29) is 5.54 Å². The Hall–Kier alpha value is -0.770. The number of likely N-dealkylation sites (tertiary alicyclic amines) is 1. The van der Waals surface area contributed by atoms with E-state index in [1.54, 1.807) is 0 Å². The number of nitrogens with one attached hydrogen (secondary N) is 1. The minimum atomic E-state index is -0.00128. The molecule has 1 heterocycles. The molecule has 94 valence electrons. The van der Waals surface area contributed by atoms with Crippen LogP contribution in [0.4, 0.5) is 0 Å². The van der Waals surface area contributed by atoms with Crippen molar-refractivity contribution < 1.29 is 0 Å². The van der Waals surface area contributed by atoms with Crippen LogP contribution >= 0.6 is 0 Å². The van der Waals surface area contributed by atoms with Crippen LogP contribution in [0, 0.1) is 5.92 Å². The number of nitrogens with two attached hydrogens (primary N) is 1. The maximum atomic E-state index is 5.83. The molecule has 0 amide bonds. The summed E-state index contributed by atoms with van der Waals surface area (Å²) in [6, 6.07) is 0. The fourth-order valence-corrected chi connectivity index (χ4v) is 2.00. The van der Waals surface area contributed by atoms with Crippen LogP contribution in [0.25, 0.3) is 0 Å². The lowest BCUT2D eigenvalue weighted by Gasteiger charge is -2.21. The van der Waals surface area contributed by atoms with Gasteiger partial charge in [0.15, 0.2) is 5.96 Å². The summed E-state index contributed by atoms with van der Waals surface area (Å²) in [6.07, 6.45) is 1.25. The lowest BCUT2D eigenvalue weighted by atomic mass is 10.1. The molecule has 0 spiro atoms. The lowest BCUT2D eigenvalue weighted by Crippen LogP contribution is -2.45. The molecule has 4 nitrogen and oxygen atoms in total. The molecule has 1 saturated heterocycles. The van der Waals surface area contributed by atoms with Gasteiger partial charge in [-0.3, -0.25) is 4.99 Å². The van der Waals surface area contributed by atoms with Crippen molar-refractivity contribution in [2.75, 3.05) is 26.2 Å². The van der Waals surface area contributed by atoms with E-state index in [9.17, 15) is 0 Å². The molecule has 16 heavy (non-hydrogen) atoms. The van der Waals surface area contributed by atoms with Crippen molar-refractivity contribution in [3.05, 3.63) is 0 Å². The van der Waals surface area contributed by atoms with Gasteiger partial charge in [-0.15, -0.1) is 0 Å². The van der Waals surface area contributed by atoms with Crippen molar-refractivity contribution in [3.8, 4) is 0 Å². The first kappa shape index (κ1) is 13.3. The van der Waals surface area contributed by atoms with Gasteiger partial charge in [0.05, 0.1) is 0 Å². The second kappa shape index (κ2) is 5.53. The number of guanidine groups is 1. The van der Waals surface area contributed by atoms with Crippen LogP contribution in [-0.4, -0.2) is 42.6 Å². The van der Waals surface area contributed by atoms with Gasteiger partial charge < -0.3 is 16.0 Å². The van der Waals surface area contributed by atoms with E-state index in [2.05, 4.69) is 42.9 Å². The normalized spacial score (nSPS) is 23.8. The fourth-order valence-electron chi connectivity index (χ4n) is 2.00. The average Bonchev–Trinajstić information content (AvgIpc) is 2.59. The zero-order chi connectivity index (χ0) is 12.2. The molecule has 4 heteroatoms. The number of aliphatic imine (C=N–C) groups is 1. The monoisotopic (exact) mass is 226 g/mol. The van der Waals surface area contributed by atoms with Crippen molar-refractivity contribution in [1.29, 1.82) is 0 Å². The first-order chi connectivity index (χ1) is 7.40. The molecule has 0 radical (unpaired) electrons. The highest BCUT2D eigenvalue weighted by Gasteiger charge is 2.20. The smallest absolute Gasteiger partial charge is 0.188 e. The van der Waals surface area contributed by atoms with E-state index in [0.717, 1.165) is 13.1 Å².